The highest BCUT2D eigenvalue weighted by atomic mass is 32.2. The summed E-state index contributed by atoms with van der Waals surface area (Å²) in [4.78, 5) is 26.0. The summed E-state index contributed by atoms with van der Waals surface area (Å²) >= 11 is 0. The average molecular weight is 307 g/mol. The maximum atomic E-state index is 12.0. The molecule has 1 unspecified atom stereocenters. The Morgan fingerprint density at radius 2 is 2.05 bits per heavy atom. The monoisotopic (exact) mass is 307 g/mol. The van der Waals surface area contributed by atoms with Gasteiger partial charge in [-0.05, 0) is 14.1 Å². The molecule has 0 aromatic carbocycles. The number of aliphatic carboxylic acids is 1. The number of carbonyl (C=O) groups is 2. The van der Waals surface area contributed by atoms with E-state index in [0.29, 0.717) is 13.1 Å². The lowest BCUT2D eigenvalue weighted by Gasteiger charge is -2.34. The molecule has 0 radical (unpaired) electrons. The number of urea groups is 1. The van der Waals surface area contributed by atoms with Gasteiger partial charge in [0.05, 0.1) is 24.0 Å². The van der Waals surface area contributed by atoms with Crippen molar-refractivity contribution in [3.05, 3.63) is 0 Å². The third-order valence-corrected chi connectivity index (χ3v) is 4.73. The van der Waals surface area contributed by atoms with Crippen LogP contribution in [0.4, 0.5) is 4.79 Å². The van der Waals surface area contributed by atoms with E-state index in [-0.39, 0.29) is 24.5 Å². The molecule has 0 spiro atoms. The number of amides is 2. The van der Waals surface area contributed by atoms with Gasteiger partial charge in [-0.3, -0.25) is 4.79 Å². The minimum Gasteiger partial charge on any atom is -0.481 e. The van der Waals surface area contributed by atoms with E-state index in [2.05, 4.69) is 5.32 Å². The van der Waals surface area contributed by atoms with Crippen molar-refractivity contribution in [2.45, 2.75) is 12.5 Å². The van der Waals surface area contributed by atoms with Crippen molar-refractivity contribution in [2.24, 2.45) is 0 Å². The molecule has 1 atom stereocenters. The molecule has 1 aliphatic heterocycles. The quantitative estimate of drug-likeness (QED) is 0.663. The number of carbonyl (C=O) groups excluding carboxylic acids is 1. The van der Waals surface area contributed by atoms with E-state index in [9.17, 15) is 18.0 Å². The van der Waals surface area contributed by atoms with E-state index in [4.69, 9.17) is 5.11 Å². The highest BCUT2D eigenvalue weighted by Gasteiger charge is 2.35. The number of rotatable bonds is 5. The lowest BCUT2D eigenvalue weighted by molar-refractivity contribution is -0.138. The normalized spacial score (nSPS) is 21.8. The highest BCUT2D eigenvalue weighted by Crippen LogP contribution is 2.15. The summed E-state index contributed by atoms with van der Waals surface area (Å²) in [5.74, 6) is -1.52. The van der Waals surface area contributed by atoms with Gasteiger partial charge in [-0.2, -0.15) is 0 Å². The van der Waals surface area contributed by atoms with Crippen LogP contribution in [0.5, 0.6) is 0 Å². The van der Waals surface area contributed by atoms with Gasteiger partial charge in [0.25, 0.3) is 0 Å². The molecular weight excluding hydrogens is 286 g/mol. The Morgan fingerprint density at radius 1 is 1.40 bits per heavy atom. The van der Waals surface area contributed by atoms with Gasteiger partial charge < -0.3 is 20.2 Å². The SMILES string of the molecule is CN(C)CCNC(=O)N1CCS(=O)(=O)CC1CC(=O)O. The van der Waals surface area contributed by atoms with Crippen molar-refractivity contribution in [2.75, 3.05) is 45.2 Å². The second-order valence-corrected chi connectivity index (χ2v) is 7.32. The van der Waals surface area contributed by atoms with Crippen molar-refractivity contribution in [3.8, 4) is 0 Å². The minimum absolute atomic E-state index is 0.0358. The van der Waals surface area contributed by atoms with Crippen LogP contribution in [0.2, 0.25) is 0 Å². The third kappa shape index (κ3) is 5.33. The first-order valence-electron chi connectivity index (χ1n) is 6.32. The summed E-state index contributed by atoms with van der Waals surface area (Å²) in [5.41, 5.74) is 0. The smallest absolute Gasteiger partial charge is 0.317 e. The van der Waals surface area contributed by atoms with Crippen LogP contribution in [0, 0.1) is 0 Å². The highest BCUT2D eigenvalue weighted by molar-refractivity contribution is 7.91. The van der Waals surface area contributed by atoms with E-state index in [0.717, 1.165) is 0 Å². The van der Waals surface area contributed by atoms with Crippen molar-refractivity contribution in [1.29, 1.82) is 0 Å². The molecular formula is C11H21N3O5S. The minimum atomic E-state index is -3.27. The van der Waals surface area contributed by atoms with Gasteiger partial charge in [-0.25, -0.2) is 13.2 Å². The van der Waals surface area contributed by atoms with Crippen LogP contribution in [0.25, 0.3) is 0 Å². The van der Waals surface area contributed by atoms with Crippen LogP contribution in [0.15, 0.2) is 0 Å². The van der Waals surface area contributed by atoms with Crippen LogP contribution in [0.3, 0.4) is 0 Å². The standard InChI is InChI=1S/C11H21N3O5S/c1-13(2)4-3-12-11(17)14-5-6-20(18,19)8-9(14)7-10(15)16/h9H,3-8H2,1-2H3,(H,12,17)(H,15,16). The molecule has 2 N–H and O–H groups in total. The molecule has 0 bridgehead atoms. The predicted molar refractivity (Wildman–Crippen MR) is 73.4 cm³/mol. The maximum absolute atomic E-state index is 12.0. The molecule has 1 aliphatic rings. The topological polar surface area (TPSA) is 107 Å². The number of hydrogen-bond donors (Lipinski definition) is 2. The van der Waals surface area contributed by atoms with E-state index in [1.165, 1.54) is 4.90 Å². The first kappa shape index (κ1) is 16.7. The fraction of sp³-hybridized carbons (Fsp3) is 0.818. The molecule has 8 nitrogen and oxygen atoms in total. The summed E-state index contributed by atoms with van der Waals surface area (Å²) in [6.07, 6.45) is -0.361. The first-order valence-corrected chi connectivity index (χ1v) is 8.15. The van der Waals surface area contributed by atoms with Gasteiger partial charge in [0, 0.05) is 19.6 Å². The Morgan fingerprint density at radius 3 is 2.60 bits per heavy atom. The van der Waals surface area contributed by atoms with Crippen LogP contribution in [0.1, 0.15) is 6.42 Å². The molecule has 9 heteroatoms. The molecule has 0 aliphatic carbocycles. The molecule has 0 aromatic rings. The fourth-order valence-corrected chi connectivity index (χ4v) is 3.54. The van der Waals surface area contributed by atoms with Gasteiger partial charge >= 0.3 is 12.0 Å². The molecule has 1 fully saturated rings. The maximum Gasteiger partial charge on any atom is 0.317 e. The van der Waals surface area contributed by atoms with Gasteiger partial charge in [-0.15, -0.1) is 0 Å². The van der Waals surface area contributed by atoms with Gasteiger partial charge in [0.2, 0.25) is 0 Å². The Balaban J connectivity index is 2.64. The van der Waals surface area contributed by atoms with Crippen molar-refractivity contribution in [1.82, 2.24) is 15.1 Å². The Bertz CT molecular complexity index is 463. The summed E-state index contributed by atoms with van der Waals surface area (Å²) in [6, 6.07) is -1.21. The summed E-state index contributed by atoms with van der Waals surface area (Å²) in [7, 11) is 0.465. The molecule has 1 rings (SSSR count). The average Bonchev–Trinajstić information content (AvgIpc) is 2.26. The second-order valence-electron chi connectivity index (χ2n) is 5.09. The second kappa shape index (κ2) is 6.89. The summed E-state index contributed by atoms with van der Waals surface area (Å²) in [5, 5.41) is 11.5. The zero-order valence-corrected chi connectivity index (χ0v) is 12.5. The molecule has 0 saturated carbocycles. The third-order valence-electron chi connectivity index (χ3n) is 3.04. The number of hydrogen-bond acceptors (Lipinski definition) is 5. The number of sulfone groups is 1. The van der Waals surface area contributed by atoms with E-state index in [1.54, 1.807) is 0 Å². The Kier molecular flexibility index (Phi) is 5.75. The largest absolute Gasteiger partial charge is 0.481 e. The fourth-order valence-electron chi connectivity index (χ4n) is 2.01. The van der Waals surface area contributed by atoms with Crippen molar-refractivity contribution >= 4 is 21.8 Å². The van der Waals surface area contributed by atoms with Crippen LogP contribution in [-0.2, 0) is 14.6 Å². The first-order chi connectivity index (χ1) is 9.21. The molecule has 20 heavy (non-hydrogen) atoms. The zero-order valence-electron chi connectivity index (χ0n) is 11.7. The van der Waals surface area contributed by atoms with Gasteiger partial charge in [0.15, 0.2) is 9.84 Å². The predicted octanol–water partition coefficient (Wildman–Crippen LogP) is -1.17. The molecule has 1 saturated heterocycles. The summed E-state index contributed by atoms with van der Waals surface area (Å²) in [6.45, 7) is 1.12. The zero-order chi connectivity index (χ0) is 15.3. The van der Waals surface area contributed by atoms with Gasteiger partial charge in [-0.1, -0.05) is 0 Å². The Labute approximate surface area is 118 Å². The number of nitrogens with one attached hydrogen (secondary N) is 1. The van der Waals surface area contributed by atoms with E-state index >= 15 is 0 Å². The number of likely N-dealkylation sites (N-methyl/N-ethyl adjacent to an activating group) is 1. The Hall–Kier alpha value is -1.35. The number of carboxylic acids is 1. The molecule has 1 heterocycles. The van der Waals surface area contributed by atoms with Gasteiger partial charge in [0.1, 0.15) is 0 Å². The number of carboxylic acid groups (broad SMARTS) is 1. The van der Waals surface area contributed by atoms with Crippen LogP contribution >= 0.6 is 0 Å². The molecule has 0 aromatic heterocycles. The number of nitrogens with zero attached hydrogens (tertiary/aromatic N) is 2. The van der Waals surface area contributed by atoms with E-state index < -0.39 is 27.9 Å². The molecule has 2 amide bonds. The van der Waals surface area contributed by atoms with Crippen LogP contribution in [-0.4, -0.2) is 86.6 Å². The van der Waals surface area contributed by atoms with Crippen LogP contribution < -0.4 is 5.32 Å². The summed E-state index contributed by atoms with van der Waals surface area (Å²) < 4.78 is 23.1. The van der Waals surface area contributed by atoms with E-state index in [1.807, 2.05) is 19.0 Å². The van der Waals surface area contributed by atoms with Crippen molar-refractivity contribution < 1.29 is 23.1 Å². The lowest BCUT2D eigenvalue weighted by atomic mass is 10.2. The van der Waals surface area contributed by atoms with Crippen molar-refractivity contribution in [3.63, 3.8) is 0 Å². The molecule has 116 valence electrons. The lowest BCUT2D eigenvalue weighted by Crippen LogP contribution is -2.55.